The van der Waals surface area contributed by atoms with Crippen molar-refractivity contribution in [3.05, 3.63) is 130 Å². The summed E-state index contributed by atoms with van der Waals surface area (Å²) < 4.78 is 115. The summed E-state index contributed by atoms with van der Waals surface area (Å²) in [5, 5.41) is 2.53. The summed E-state index contributed by atoms with van der Waals surface area (Å²) in [6.07, 6.45) is -13.8. The molecule has 1 amide bonds. The van der Waals surface area contributed by atoms with Crippen molar-refractivity contribution in [1.29, 1.82) is 0 Å². The predicted molar refractivity (Wildman–Crippen MR) is 146 cm³/mol. The van der Waals surface area contributed by atoms with Crippen LogP contribution in [0.3, 0.4) is 0 Å². The molecule has 0 fully saturated rings. The standard InChI is InChI=1S/C31H22ClF7N2O4/c1-43-28(30(35,36)37,20-10-6-3-7-11-20)26(42)41-27(17-19-8-4-2-5-9-19,25-15-13-22(32)18-40-25)21-12-14-24-23(16-21)29(33,34)45-31(38,39)44-24/h2-16,18H,17H2,1H3,(H,41,42)/t27-,28+/m1/s1. The number of ether oxygens (including phenoxy) is 3. The van der Waals surface area contributed by atoms with Crippen molar-refractivity contribution < 1.29 is 49.7 Å². The number of hydrogen-bond acceptors (Lipinski definition) is 5. The van der Waals surface area contributed by atoms with Gasteiger partial charge in [-0.05, 0) is 35.4 Å². The number of alkyl halides is 7. The normalized spacial score (nSPS) is 18.1. The lowest BCUT2D eigenvalue weighted by Crippen LogP contribution is -2.61. The van der Waals surface area contributed by atoms with Crippen LogP contribution in [0.15, 0.2) is 97.2 Å². The minimum absolute atomic E-state index is 0.116. The van der Waals surface area contributed by atoms with Crippen LogP contribution in [0.2, 0.25) is 5.02 Å². The Morgan fingerprint density at radius 3 is 2.13 bits per heavy atom. The van der Waals surface area contributed by atoms with Gasteiger partial charge in [-0.3, -0.25) is 9.78 Å². The van der Waals surface area contributed by atoms with Gasteiger partial charge in [0.2, 0.25) is 0 Å². The first-order valence-electron chi connectivity index (χ1n) is 13.1. The lowest BCUT2D eigenvalue weighted by molar-refractivity contribution is -0.461. The molecule has 1 aliphatic rings. The smallest absolute Gasteiger partial charge is 0.409 e. The fourth-order valence-electron chi connectivity index (χ4n) is 5.22. The van der Waals surface area contributed by atoms with Crippen LogP contribution in [-0.2, 0) is 37.9 Å². The van der Waals surface area contributed by atoms with E-state index in [0.29, 0.717) is 18.7 Å². The van der Waals surface area contributed by atoms with Crippen LogP contribution in [-0.4, -0.2) is 30.5 Å². The molecular weight excluding hydrogens is 633 g/mol. The summed E-state index contributed by atoms with van der Waals surface area (Å²) in [6, 6.07) is 19.3. The van der Waals surface area contributed by atoms with Crippen LogP contribution in [0.1, 0.15) is 27.9 Å². The van der Waals surface area contributed by atoms with Crippen LogP contribution in [0, 0.1) is 0 Å². The zero-order valence-electron chi connectivity index (χ0n) is 23.0. The van der Waals surface area contributed by atoms with E-state index in [9.17, 15) is 35.5 Å². The fraction of sp³-hybridized carbons (Fsp3) is 0.226. The summed E-state index contributed by atoms with van der Waals surface area (Å²) in [6.45, 7) is 0. The van der Waals surface area contributed by atoms with Gasteiger partial charge < -0.3 is 14.8 Å². The van der Waals surface area contributed by atoms with Gasteiger partial charge in [-0.1, -0.05) is 78.3 Å². The highest BCUT2D eigenvalue weighted by Gasteiger charge is 2.64. The van der Waals surface area contributed by atoms with Crippen molar-refractivity contribution in [3.8, 4) is 5.75 Å². The summed E-state index contributed by atoms with van der Waals surface area (Å²) in [5.74, 6) is -2.67. The number of carbonyl (C=O) groups excluding carboxylic acids is 1. The summed E-state index contributed by atoms with van der Waals surface area (Å²) in [7, 11) is 0.702. The summed E-state index contributed by atoms with van der Waals surface area (Å²) in [5.41, 5.74) is -7.47. The first-order chi connectivity index (χ1) is 21.1. The Bertz CT molecular complexity index is 1680. The Balaban J connectivity index is 1.79. The number of aromatic nitrogens is 1. The van der Waals surface area contributed by atoms with E-state index in [4.69, 9.17) is 16.3 Å². The van der Waals surface area contributed by atoms with Crippen LogP contribution >= 0.6 is 11.6 Å². The average molecular weight is 655 g/mol. The molecule has 0 saturated carbocycles. The van der Waals surface area contributed by atoms with Crippen LogP contribution in [0.4, 0.5) is 30.7 Å². The van der Waals surface area contributed by atoms with Gasteiger partial charge in [0.25, 0.3) is 11.5 Å². The predicted octanol–water partition coefficient (Wildman–Crippen LogP) is 7.45. The maximum absolute atomic E-state index is 15.0. The second kappa shape index (κ2) is 11.6. The fourth-order valence-corrected chi connectivity index (χ4v) is 5.33. The quantitative estimate of drug-likeness (QED) is 0.200. The zero-order chi connectivity index (χ0) is 32.7. The number of methoxy groups -OCH3 is 1. The van der Waals surface area contributed by atoms with Gasteiger partial charge in [0.15, 0.2) is 0 Å². The minimum atomic E-state index is -5.34. The number of amides is 1. The van der Waals surface area contributed by atoms with Gasteiger partial charge in [0.05, 0.1) is 16.3 Å². The molecule has 1 aliphatic heterocycles. The number of nitrogens with one attached hydrogen (secondary N) is 1. The third-order valence-electron chi connectivity index (χ3n) is 7.27. The number of nitrogens with zero attached hydrogens (tertiary/aromatic N) is 1. The van der Waals surface area contributed by atoms with E-state index in [0.717, 1.165) is 30.5 Å². The van der Waals surface area contributed by atoms with E-state index < -0.39 is 52.5 Å². The number of carbonyl (C=O) groups is 1. The van der Waals surface area contributed by atoms with Gasteiger partial charge in [-0.25, -0.2) is 4.74 Å². The Morgan fingerprint density at radius 2 is 1.56 bits per heavy atom. The maximum Gasteiger partial charge on any atom is 0.540 e. The van der Waals surface area contributed by atoms with E-state index in [2.05, 4.69) is 19.8 Å². The summed E-state index contributed by atoms with van der Waals surface area (Å²) >= 11 is 6.05. The van der Waals surface area contributed by atoms with Gasteiger partial charge >= 0.3 is 18.6 Å². The molecule has 0 saturated heterocycles. The number of benzene rings is 3. The molecular formula is C31H22ClF7N2O4. The van der Waals surface area contributed by atoms with Crippen molar-refractivity contribution in [1.82, 2.24) is 10.3 Å². The number of pyridine rings is 1. The number of fused-ring (bicyclic) bond motifs is 1. The Labute approximate surface area is 256 Å². The molecule has 1 aromatic heterocycles. The van der Waals surface area contributed by atoms with Crippen LogP contribution < -0.4 is 10.1 Å². The van der Waals surface area contributed by atoms with E-state index in [1.54, 1.807) is 30.3 Å². The molecule has 2 atom stereocenters. The average Bonchev–Trinajstić information content (AvgIpc) is 2.97. The molecule has 14 heteroatoms. The highest BCUT2D eigenvalue weighted by molar-refractivity contribution is 6.30. The molecule has 6 nitrogen and oxygen atoms in total. The molecule has 3 aromatic carbocycles. The SMILES string of the molecule is CO[C@](C(=O)N[C@](Cc1ccccc1)(c1ccc2c(c1)C(F)(F)OC(F)(F)O2)c1ccc(Cl)cn1)(c1ccccc1)C(F)(F)F. The van der Waals surface area contributed by atoms with Gasteiger partial charge in [-0.2, -0.15) is 22.0 Å². The largest absolute Gasteiger partial charge is 0.540 e. The molecule has 45 heavy (non-hydrogen) atoms. The van der Waals surface area contributed by atoms with E-state index in [1.165, 1.54) is 30.3 Å². The number of hydrogen-bond donors (Lipinski definition) is 1. The van der Waals surface area contributed by atoms with Gasteiger partial charge in [0, 0.05) is 25.3 Å². The molecule has 0 bridgehead atoms. The highest BCUT2D eigenvalue weighted by atomic mass is 35.5. The Morgan fingerprint density at radius 1 is 0.911 bits per heavy atom. The molecule has 0 unspecified atom stereocenters. The van der Waals surface area contributed by atoms with Gasteiger partial charge in [-0.15, -0.1) is 8.78 Å². The lowest BCUT2D eigenvalue weighted by atomic mass is 9.78. The second-order valence-electron chi connectivity index (χ2n) is 10.0. The third kappa shape index (κ3) is 5.95. The first-order valence-corrected chi connectivity index (χ1v) is 13.5. The topological polar surface area (TPSA) is 69.7 Å². The molecule has 0 aliphatic carbocycles. The minimum Gasteiger partial charge on any atom is -0.409 e. The summed E-state index contributed by atoms with van der Waals surface area (Å²) in [4.78, 5) is 18.4. The van der Waals surface area contributed by atoms with Crippen molar-refractivity contribution in [2.45, 2.75) is 36.1 Å². The Kier molecular flexibility index (Phi) is 8.32. The first kappa shape index (κ1) is 32.2. The maximum atomic E-state index is 15.0. The number of halogens is 8. The van der Waals surface area contributed by atoms with Crippen molar-refractivity contribution >= 4 is 17.5 Å². The molecule has 1 N–H and O–H groups in total. The molecule has 4 aromatic rings. The molecule has 5 rings (SSSR count). The van der Waals surface area contributed by atoms with Crippen molar-refractivity contribution in [3.63, 3.8) is 0 Å². The molecule has 2 heterocycles. The third-order valence-corrected chi connectivity index (χ3v) is 7.49. The van der Waals surface area contributed by atoms with Crippen LogP contribution in [0.25, 0.3) is 0 Å². The van der Waals surface area contributed by atoms with Gasteiger partial charge in [0.1, 0.15) is 11.3 Å². The Hall–Kier alpha value is -4.20. The highest BCUT2D eigenvalue weighted by Crippen LogP contribution is 2.49. The monoisotopic (exact) mass is 654 g/mol. The second-order valence-corrected chi connectivity index (χ2v) is 10.5. The molecule has 236 valence electrons. The van der Waals surface area contributed by atoms with E-state index >= 15 is 0 Å². The van der Waals surface area contributed by atoms with E-state index in [1.807, 2.05) is 0 Å². The molecule has 0 spiro atoms. The zero-order valence-corrected chi connectivity index (χ0v) is 23.8. The molecule has 0 radical (unpaired) electrons. The lowest BCUT2D eigenvalue weighted by Gasteiger charge is -2.41. The number of rotatable bonds is 8. The van der Waals surface area contributed by atoms with Crippen molar-refractivity contribution in [2.75, 3.05) is 7.11 Å². The van der Waals surface area contributed by atoms with Crippen LogP contribution in [0.5, 0.6) is 5.75 Å². The van der Waals surface area contributed by atoms with Crippen molar-refractivity contribution in [2.24, 2.45) is 0 Å². The van der Waals surface area contributed by atoms with E-state index in [-0.39, 0.29) is 22.7 Å².